The molecule has 184 valence electrons. The van der Waals surface area contributed by atoms with E-state index in [1.165, 1.54) is 11.1 Å². The lowest BCUT2D eigenvalue weighted by molar-refractivity contribution is -0.0892. The van der Waals surface area contributed by atoms with Crippen molar-refractivity contribution in [3.05, 3.63) is 36.2 Å². The Morgan fingerprint density at radius 1 is 1.21 bits per heavy atom. The van der Waals surface area contributed by atoms with Crippen LogP contribution in [0.2, 0.25) is 0 Å². The van der Waals surface area contributed by atoms with E-state index in [2.05, 4.69) is 77.7 Å². The van der Waals surface area contributed by atoms with Crippen LogP contribution in [0.15, 0.2) is 35.8 Å². The van der Waals surface area contributed by atoms with E-state index in [4.69, 9.17) is 0 Å². The largest absolute Gasteiger partial charge is 0.411 e. The molecular formula is C29H46N2O2. The van der Waals surface area contributed by atoms with Gasteiger partial charge in [0, 0.05) is 17.8 Å². The molecule has 1 aromatic rings. The molecule has 0 aromatic carbocycles. The van der Waals surface area contributed by atoms with Crippen molar-refractivity contribution in [3.63, 3.8) is 0 Å². The lowest BCUT2D eigenvalue weighted by atomic mass is 9.44. The monoisotopic (exact) mass is 454 g/mol. The fourth-order valence-corrected chi connectivity index (χ4v) is 7.06. The summed E-state index contributed by atoms with van der Waals surface area (Å²) in [4.78, 5) is 4.40. The van der Waals surface area contributed by atoms with Gasteiger partial charge in [0.05, 0.1) is 11.8 Å². The standard InChI is InChI=1S/C29H46N2O2/c1-9-24(31-33)28(7)19-22(32)12-15-29(28,8)26(4,5)16-17-27(6)23(13-14-25(27,2)3)21-11-10-18-30-20-21/h10-11,13,18,20,22,32-33H,9,12,14-17,19H2,1-8H3/b31-24+/t22-,27+,28+,29+/m0/s1. The maximum absolute atomic E-state index is 10.6. The zero-order valence-corrected chi connectivity index (χ0v) is 22.2. The third-order valence-electron chi connectivity index (χ3n) is 10.6. The predicted octanol–water partition coefficient (Wildman–Crippen LogP) is 7.51. The maximum atomic E-state index is 10.6. The molecule has 0 aliphatic heterocycles. The molecule has 1 aromatic heterocycles. The van der Waals surface area contributed by atoms with Crippen LogP contribution in [0.1, 0.15) is 106 Å². The zero-order chi connectivity index (χ0) is 24.7. The van der Waals surface area contributed by atoms with Gasteiger partial charge in [-0.25, -0.2) is 0 Å². The topological polar surface area (TPSA) is 65.7 Å². The van der Waals surface area contributed by atoms with Crippen molar-refractivity contribution in [1.29, 1.82) is 0 Å². The number of nitrogens with zero attached hydrogens (tertiary/aromatic N) is 2. The van der Waals surface area contributed by atoms with Crippen molar-refractivity contribution in [2.45, 2.75) is 106 Å². The Labute approximate surface area is 201 Å². The normalized spacial score (nSPS) is 34.9. The molecule has 1 fully saturated rings. The Morgan fingerprint density at radius 3 is 2.48 bits per heavy atom. The highest BCUT2D eigenvalue weighted by Gasteiger charge is 2.59. The SMILES string of the molecule is CC/C(=N\O)[C@@]1(C)C[C@@H](O)CC[C@]1(C)C(C)(C)CC[C@]1(C)C(c2cccnc2)=CCC1(C)C. The number of rotatable bonds is 7. The van der Waals surface area contributed by atoms with E-state index in [9.17, 15) is 10.3 Å². The van der Waals surface area contributed by atoms with Crippen LogP contribution in [-0.2, 0) is 0 Å². The number of hydrogen-bond acceptors (Lipinski definition) is 4. The van der Waals surface area contributed by atoms with Gasteiger partial charge in [0.2, 0.25) is 0 Å². The van der Waals surface area contributed by atoms with Crippen LogP contribution in [-0.4, -0.2) is 27.1 Å². The molecule has 1 saturated carbocycles. The number of oxime groups is 1. The van der Waals surface area contributed by atoms with Gasteiger partial charge in [-0.2, -0.15) is 0 Å². The fraction of sp³-hybridized carbons (Fsp3) is 0.724. The van der Waals surface area contributed by atoms with Crippen LogP contribution in [0, 0.1) is 27.1 Å². The maximum Gasteiger partial charge on any atom is 0.0633 e. The molecule has 3 rings (SSSR count). The Kier molecular flexibility index (Phi) is 6.94. The molecule has 2 aliphatic carbocycles. The van der Waals surface area contributed by atoms with Crippen molar-refractivity contribution in [3.8, 4) is 0 Å². The van der Waals surface area contributed by atoms with Gasteiger partial charge in [0.25, 0.3) is 0 Å². The Bertz CT molecular complexity index is 903. The van der Waals surface area contributed by atoms with E-state index in [0.29, 0.717) is 12.8 Å². The summed E-state index contributed by atoms with van der Waals surface area (Å²) < 4.78 is 0. The second-order valence-electron chi connectivity index (χ2n) is 12.6. The molecule has 1 heterocycles. The van der Waals surface area contributed by atoms with Crippen molar-refractivity contribution in [2.75, 3.05) is 0 Å². The number of aliphatic hydroxyl groups is 1. The molecule has 4 heteroatoms. The van der Waals surface area contributed by atoms with E-state index < -0.39 is 0 Å². The average molecular weight is 455 g/mol. The number of allylic oxidation sites excluding steroid dienone is 2. The van der Waals surface area contributed by atoms with Crippen LogP contribution in [0.25, 0.3) is 5.57 Å². The summed E-state index contributed by atoms with van der Waals surface area (Å²) in [7, 11) is 0. The summed E-state index contributed by atoms with van der Waals surface area (Å²) in [5.41, 5.74) is 3.26. The molecule has 0 spiro atoms. The molecule has 2 aliphatic rings. The smallest absolute Gasteiger partial charge is 0.0633 e. The van der Waals surface area contributed by atoms with Gasteiger partial charge in [-0.3, -0.25) is 4.98 Å². The van der Waals surface area contributed by atoms with Crippen molar-refractivity contribution in [2.24, 2.45) is 32.2 Å². The fourth-order valence-electron chi connectivity index (χ4n) is 7.06. The molecular weight excluding hydrogens is 408 g/mol. The van der Waals surface area contributed by atoms with Crippen LogP contribution in [0.3, 0.4) is 0 Å². The Balaban J connectivity index is 1.95. The quantitative estimate of drug-likeness (QED) is 0.254. The molecule has 0 saturated heterocycles. The summed E-state index contributed by atoms with van der Waals surface area (Å²) in [6.07, 6.45) is 12.3. The molecule has 0 unspecified atom stereocenters. The predicted molar refractivity (Wildman–Crippen MR) is 137 cm³/mol. The summed E-state index contributed by atoms with van der Waals surface area (Å²) in [6.45, 7) is 18.7. The summed E-state index contributed by atoms with van der Waals surface area (Å²) in [5, 5.41) is 24.3. The second-order valence-corrected chi connectivity index (χ2v) is 12.6. The molecule has 4 nitrogen and oxygen atoms in total. The first-order valence-corrected chi connectivity index (χ1v) is 12.8. The van der Waals surface area contributed by atoms with Gasteiger partial charge >= 0.3 is 0 Å². The van der Waals surface area contributed by atoms with E-state index in [0.717, 1.165) is 37.8 Å². The minimum Gasteiger partial charge on any atom is -0.411 e. The molecule has 0 bridgehead atoms. The highest BCUT2D eigenvalue weighted by atomic mass is 16.4. The van der Waals surface area contributed by atoms with Crippen molar-refractivity contribution >= 4 is 11.3 Å². The first-order chi connectivity index (χ1) is 15.3. The second kappa shape index (κ2) is 8.83. The van der Waals surface area contributed by atoms with E-state index in [1.807, 2.05) is 18.5 Å². The van der Waals surface area contributed by atoms with Gasteiger partial charge in [-0.1, -0.05) is 72.7 Å². The highest BCUT2D eigenvalue weighted by molar-refractivity contribution is 5.90. The number of aromatic nitrogens is 1. The third-order valence-corrected chi connectivity index (χ3v) is 10.6. The Morgan fingerprint density at radius 2 is 1.91 bits per heavy atom. The third kappa shape index (κ3) is 4.07. The lowest BCUT2D eigenvalue weighted by Gasteiger charge is -2.60. The van der Waals surface area contributed by atoms with Gasteiger partial charge in [0.15, 0.2) is 0 Å². The number of aliphatic hydroxyl groups excluding tert-OH is 1. The minimum atomic E-state index is -0.341. The molecule has 0 radical (unpaired) electrons. The highest BCUT2D eigenvalue weighted by Crippen LogP contribution is 2.65. The van der Waals surface area contributed by atoms with Crippen LogP contribution in [0.5, 0.6) is 0 Å². The zero-order valence-electron chi connectivity index (χ0n) is 22.2. The Hall–Kier alpha value is -1.68. The average Bonchev–Trinajstić information content (AvgIpc) is 3.00. The minimum absolute atomic E-state index is 0.00523. The van der Waals surface area contributed by atoms with E-state index in [-0.39, 0.29) is 33.2 Å². The van der Waals surface area contributed by atoms with Crippen molar-refractivity contribution < 1.29 is 10.3 Å². The first kappa shape index (κ1) is 25.9. The van der Waals surface area contributed by atoms with E-state index in [1.54, 1.807) is 0 Å². The van der Waals surface area contributed by atoms with E-state index >= 15 is 0 Å². The molecule has 0 amide bonds. The van der Waals surface area contributed by atoms with Crippen molar-refractivity contribution in [1.82, 2.24) is 4.98 Å². The number of hydrogen-bond donors (Lipinski definition) is 2. The van der Waals surface area contributed by atoms with Crippen LogP contribution in [0.4, 0.5) is 0 Å². The van der Waals surface area contributed by atoms with Gasteiger partial charge in [-0.05, 0) is 83.8 Å². The van der Waals surface area contributed by atoms with Crippen LogP contribution < -0.4 is 0 Å². The lowest BCUT2D eigenvalue weighted by Crippen LogP contribution is -2.56. The summed E-state index contributed by atoms with van der Waals surface area (Å²) in [6, 6.07) is 4.22. The summed E-state index contributed by atoms with van der Waals surface area (Å²) >= 11 is 0. The first-order valence-electron chi connectivity index (χ1n) is 12.8. The molecule has 33 heavy (non-hydrogen) atoms. The molecule has 4 atom stereocenters. The summed E-state index contributed by atoms with van der Waals surface area (Å²) in [5.74, 6) is 0. The van der Waals surface area contributed by atoms with Crippen LogP contribution >= 0.6 is 0 Å². The molecule has 2 N–H and O–H groups in total. The van der Waals surface area contributed by atoms with Gasteiger partial charge < -0.3 is 10.3 Å². The van der Waals surface area contributed by atoms with Gasteiger partial charge in [-0.15, -0.1) is 0 Å². The van der Waals surface area contributed by atoms with Gasteiger partial charge in [0.1, 0.15) is 0 Å². The number of pyridine rings is 1.